The molecule has 0 radical (unpaired) electrons. The predicted molar refractivity (Wildman–Crippen MR) is 99.1 cm³/mol. The second-order valence-corrected chi connectivity index (χ2v) is 6.49. The Morgan fingerprint density at radius 1 is 1.04 bits per heavy atom. The molecule has 1 N–H and O–H groups in total. The van der Waals surface area contributed by atoms with Crippen molar-refractivity contribution >= 4 is 22.5 Å². The van der Waals surface area contributed by atoms with Crippen molar-refractivity contribution in [3.05, 3.63) is 70.9 Å². The van der Waals surface area contributed by atoms with Crippen LogP contribution in [0.4, 0.5) is 0 Å². The highest BCUT2D eigenvalue weighted by Gasteiger charge is 2.10. The van der Waals surface area contributed by atoms with Crippen molar-refractivity contribution in [3.63, 3.8) is 0 Å². The van der Waals surface area contributed by atoms with Gasteiger partial charge in [-0.25, -0.2) is 0 Å². The fraction of sp³-hybridized carbons (Fsp3) is 0.300. The van der Waals surface area contributed by atoms with Crippen LogP contribution >= 0.6 is 11.6 Å². The van der Waals surface area contributed by atoms with E-state index < -0.39 is 0 Å². The second-order valence-electron chi connectivity index (χ2n) is 6.08. The molecular weight excluding hydrogens is 304 g/mol. The number of halogens is 1. The van der Waals surface area contributed by atoms with E-state index in [0.29, 0.717) is 6.04 Å². The lowest BCUT2D eigenvalue weighted by Crippen LogP contribution is -2.24. The van der Waals surface area contributed by atoms with E-state index in [4.69, 9.17) is 11.6 Å². The number of hydrogen-bond acceptors (Lipinski definition) is 1. The maximum atomic E-state index is 6.33. The third-order valence-electron chi connectivity index (χ3n) is 4.42. The SMILES string of the molecule is CCC(C)NCc1cn(Cc2ccccc2Cl)c2ccccc12. The smallest absolute Gasteiger partial charge is 0.0491 e. The fourth-order valence-corrected chi connectivity index (χ4v) is 3.03. The molecule has 2 nitrogen and oxygen atoms in total. The molecule has 3 aromatic rings. The molecular formula is C20H23ClN2. The summed E-state index contributed by atoms with van der Waals surface area (Å²) < 4.78 is 2.30. The van der Waals surface area contributed by atoms with E-state index in [0.717, 1.165) is 30.1 Å². The summed E-state index contributed by atoms with van der Waals surface area (Å²) in [5.74, 6) is 0. The summed E-state index contributed by atoms with van der Waals surface area (Å²) in [7, 11) is 0. The second kappa shape index (κ2) is 7.20. The Morgan fingerprint density at radius 2 is 1.78 bits per heavy atom. The zero-order valence-corrected chi connectivity index (χ0v) is 14.5. The molecule has 0 aliphatic carbocycles. The number of nitrogens with zero attached hydrogens (tertiary/aromatic N) is 1. The maximum Gasteiger partial charge on any atom is 0.0491 e. The minimum Gasteiger partial charge on any atom is -0.343 e. The van der Waals surface area contributed by atoms with E-state index in [1.807, 2.05) is 18.2 Å². The van der Waals surface area contributed by atoms with Crippen LogP contribution in [0, 0.1) is 0 Å². The predicted octanol–water partition coefficient (Wildman–Crippen LogP) is 5.23. The molecule has 120 valence electrons. The third kappa shape index (κ3) is 3.60. The average Bonchev–Trinajstić information content (AvgIpc) is 2.93. The van der Waals surface area contributed by atoms with Crippen molar-refractivity contribution in [2.75, 3.05) is 0 Å². The lowest BCUT2D eigenvalue weighted by molar-refractivity contribution is 0.535. The minimum atomic E-state index is 0.528. The van der Waals surface area contributed by atoms with Gasteiger partial charge in [-0.1, -0.05) is 54.9 Å². The summed E-state index contributed by atoms with van der Waals surface area (Å²) in [5.41, 5.74) is 3.75. The van der Waals surface area contributed by atoms with Crippen molar-refractivity contribution < 1.29 is 0 Å². The quantitative estimate of drug-likeness (QED) is 0.656. The lowest BCUT2D eigenvalue weighted by atomic mass is 10.1. The molecule has 0 spiro atoms. The zero-order chi connectivity index (χ0) is 16.2. The summed E-state index contributed by atoms with van der Waals surface area (Å²) in [5, 5.41) is 5.73. The highest BCUT2D eigenvalue weighted by Crippen LogP contribution is 2.24. The Bertz CT molecular complexity index is 791. The molecule has 1 unspecified atom stereocenters. The van der Waals surface area contributed by atoms with E-state index in [9.17, 15) is 0 Å². The van der Waals surface area contributed by atoms with Crippen LogP contribution in [0.5, 0.6) is 0 Å². The maximum absolute atomic E-state index is 6.33. The van der Waals surface area contributed by atoms with Crippen molar-refractivity contribution in [1.82, 2.24) is 9.88 Å². The molecule has 1 atom stereocenters. The van der Waals surface area contributed by atoms with Crippen LogP contribution < -0.4 is 5.32 Å². The van der Waals surface area contributed by atoms with Crippen LogP contribution in [0.1, 0.15) is 31.4 Å². The summed E-state index contributed by atoms with van der Waals surface area (Å²) >= 11 is 6.33. The van der Waals surface area contributed by atoms with Gasteiger partial charge in [-0.3, -0.25) is 0 Å². The van der Waals surface area contributed by atoms with E-state index in [2.05, 4.69) is 60.3 Å². The summed E-state index contributed by atoms with van der Waals surface area (Å²) in [6.07, 6.45) is 3.39. The van der Waals surface area contributed by atoms with Gasteiger partial charge >= 0.3 is 0 Å². The Balaban J connectivity index is 1.93. The number of hydrogen-bond donors (Lipinski definition) is 1. The van der Waals surface area contributed by atoms with Gasteiger partial charge in [-0.15, -0.1) is 0 Å². The van der Waals surface area contributed by atoms with Crippen LogP contribution in [0.3, 0.4) is 0 Å². The molecule has 0 amide bonds. The molecule has 3 rings (SSSR count). The minimum absolute atomic E-state index is 0.528. The van der Waals surface area contributed by atoms with Gasteiger partial charge in [0.1, 0.15) is 0 Å². The molecule has 0 fully saturated rings. The Kier molecular flexibility index (Phi) is 5.04. The number of aromatic nitrogens is 1. The highest BCUT2D eigenvalue weighted by atomic mass is 35.5. The molecule has 3 heteroatoms. The van der Waals surface area contributed by atoms with E-state index in [1.165, 1.54) is 16.5 Å². The van der Waals surface area contributed by atoms with Gasteiger partial charge in [-0.05, 0) is 36.6 Å². The molecule has 2 aromatic carbocycles. The van der Waals surface area contributed by atoms with Gasteiger partial charge in [0.2, 0.25) is 0 Å². The topological polar surface area (TPSA) is 17.0 Å². The van der Waals surface area contributed by atoms with Crippen LogP contribution in [0.25, 0.3) is 10.9 Å². The first kappa shape index (κ1) is 16.1. The number of nitrogens with one attached hydrogen (secondary N) is 1. The lowest BCUT2D eigenvalue weighted by Gasteiger charge is -2.10. The number of rotatable bonds is 6. The molecule has 0 saturated heterocycles. The first-order valence-corrected chi connectivity index (χ1v) is 8.60. The van der Waals surface area contributed by atoms with Crippen molar-refractivity contribution in [2.45, 2.75) is 39.4 Å². The van der Waals surface area contributed by atoms with Crippen LogP contribution in [0.2, 0.25) is 5.02 Å². The molecule has 0 aliphatic heterocycles. The van der Waals surface area contributed by atoms with Crippen LogP contribution in [-0.4, -0.2) is 10.6 Å². The van der Waals surface area contributed by atoms with Gasteiger partial charge in [0.15, 0.2) is 0 Å². The summed E-state index contributed by atoms with van der Waals surface area (Å²) in [4.78, 5) is 0. The fourth-order valence-electron chi connectivity index (χ4n) is 2.83. The van der Waals surface area contributed by atoms with Gasteiger partial charge in [-0.2, -0.15) is 0 Å². The van der Waals surface area contributed by atoms with Crippen molar-refractivity contribution in [3.8, 4) is 0 Å². The van der Waals surface area contributed by atoms with E-state index >= 15 is 0 Å². The van der Waals surface area contributed by atoms with Gasteiger partial charge < -0.3 is 9.88 Å². The molecule has 1 heterocycles. The van der Waals surface area contributed by atoms with Crippen molar-refractivity contribution in [1.29, 1.82) is 0 Å². The largest absolute Gasteiger partial charge is 0.343 e. The normalized spacial score (nSPS) is 12.7. The standard InChI is InChI=1S/C20H23ClN2/c1-3-15(2)22-12-17-14-23(20-11-7-5-9-18(17)20)13-16-8-4-6-10-19(16)21/h4-11,14-15,22H,3,12-13H2,1-2H3. The van der Waals surface area contributed by atoms with E-state index in [1.54, 1.807) is 0 Å². The summed E-state index contributed by atoms with van der Waals surface area (Å²) in [6, 6.07) is 17.2. The third-order valence-corrected chi connectivity index (χ3v) is 4.79. The number of benzene rings is 2. The Hall–Kier alpha value is -1.77. The van der Waals surface area contributed by atoms with E-state index in [-0.39, 0.29) is 0 Å². The molecule has 1 aromatic heterocycles. The van der Waals surface area contributed by atoms with Gasteiger partial charge in [0.25, 0.3) is 0 Å². The van der Waals surface area contributed by atoms with Crippen LogP contribution in [0.15, 0.2) is 54.7 Å². The first-order chi connectivity index (χ1) is 11.2. The molecule has 0 bridgehead atoms. The summed E-state index contributed by atoms with van der Waals surface area (Å²) in [6.45, 7) is 6.12. The number of para-hydroxylation sites is 1. The number of fused-ring (bicyclic) bond motifs is 1. The Labute approximate surface area is 143 Å². The van der Waals surface area contributed by atoms with Crippen LogP contribution in [-0.2, 0) is 13.1 Å². The highest BCUT2D eigenvalue weighted by molar-refractivity contribution is 6.31. The molecule has 23 heavy (non-hydrogen) atoms. The van der Waals surface area contributed by atoms with Gasteiger partial charge in [0.05, 0.1) is 0 Å². The Morgan fingerprint density at radius 3 is 2.57 bits per heavy atom. The zero-order valence-electron chi connectivity index (χ0n) is 13.7. The van der Waals surface area contributed by atoms with Crippen molar-refractivity contribution in [2.24, 2.45) is 0 Å². The molecule has 0 saturated carbocycles. The average molecular weight is 327 g/mol. The monoisotopic (exact) mass is 326 g/mol. The first-order valence-electron chi connectivity index (χ1n) is 8.22. The van der Waals surface area contributed by atoms with Gasteiger partial charge in [0, 0.05) is 41.3 Å². The molecule has 0 aliphatic rings.